The Bertz CT molecular complexity index is 1060. The molecule has 2 amide bonds. The van der Waals surface area contributed by atoms with Gasteiger partial charge in [-0.25, -0.2) is 5.01 Å². The van der Waals surface area contributed by atoms with Crippen LogP contribution in [-0.2, 0) is 11.3 Å². The van der Waals surface area contributed by atoms with Crippen LogP contribution in [-0.4, -0.2) is 64.2 Å². The Labute approximate surface area is 183 Å². The van der Waals surface area contributed by atoms with Crippen molar-refractivity contribution in [3.05, 3.63) is 36.0 Å². The maximum atomic E-state index is 13.4. The lowest BCUT2D eigenvalue weighted by molar-refractivity contribution is -0.123. The molecule has 0 saturated carbocycles. The largest absolute Gasteiger partial charge is 0.350 e. The van der Waals surface area contributed by atoms with Crippen molar-refractivity contribution in [3.8, 4) is 0 Å². The number of carbonyl (C=O) groups excluding carboxylic acids is 2. The lowest BCUT2D eigenvalue weighted by Crippen LogP contribution is -2.58. The number of nitrogens with zero attached hydrogens (tertiary/aromatic N) is 4. The summed E-state index contributed by atoms with van der Waals surface area (Å²) in [5.74, 6) is 0.193. The van der Waals surface area contributed by atoms with E-state index in [4.69, 9.17) is 5.10 Å². The predicted molar refractivity (Wildman–Crippen MR) is 121 cm³/mol. The number of piperidine rings is 3. The van der Waals surface area contributed by atoms with Gasteiger partial charge < -0.3 is 14.8 Å². The molecule has 0 spiro atoms. The molecule has 1 aromatic carbocycles. The van der Waals surface area contributed by atoms with Gasteiger partial charge in [-0.3, -0.25) is 9.59 Å². The third kappa shape index (κ3) is 3.76. The number of rotatable bonds is 3. The van der Waals surface area contributed by atoms with Gasteiger partial charge in [-0.2, -0.15) is 5.10 Å². The Hall–Kier alpha value is -2.67. The number of hydrazone groups is 1. The zero-order chi connectivity index (χ0) is 21.8. The molecular weight excluding hydrogens is 390 g/mol. The molecule has 2 bridgehead atoms. The number of benzene rings is 1. The molecule has 3 fully saturated rings. The van der Waals surface area contributed by atoms with Crippen molar-refractivity contribution in [2.45, 2.75) is 46.2 Å². The van der Waals surface area contributed by atoms with Crippen molar-refractivity contribution in [1.29, 1.82) is 0 Å². The van der Waals surface area contributed by atoms with Crippen LogP contribution in [0.15, 0.2) is 35.4 Å². The molecule has 1 aromatic heterocycles. The van der Waals surface area contributed by atoms with Gasteiger partial charge in [0.2, 0.25) is 5.91 Å². The van der Waals surface area contributed by atoms with Crippen molar-refractivity contribution >= 4 is 28.4 Å². The van der Waals surface area contributed by atoms with E-state index in [1.54, 1.807) is 0 Å². The van der Waals surface area contributed by atoms with Gasteiger partial charge in [0.05, 0.1) is 12.3 Å². The smallest absolute Gasteiger partial charge is 0.291 e. The lowest BCUT2D eigenvalue weighted by Gasteiger charge is -2.45. The van der Waals surface area contributed by atoms with Gasteiger partial charge in [-0.15, -0.1) is 0 Å². The first-order chi connectivity index (χ1) is 14.8. The highest BCUT2D eigenvalue weighted by atomic mass is 16.2. The number of aromatic nitrogens is 1. The van der Waals surface area contributed by atoms with Crippen molar-refractivity contribution in [2.24, 2.45) is 16.4 Å². The average Bonchev–Trinajstić information content (AvgIpc) is 3.04. The molecule has 4 aliphatic heterocycles. The minimum absolute atomic E-state index is 0.0524. The van der Waals surface area contributed by atoms with Crippen LogP contribution >= 0.6 is 0 Å². The number of carbonyl (C=O) groups is 2. The van der Waals surface area contributed by atoms with Crippen molar-refractivity contribution in [1.82, 2.24) is 19.8 Å². The first kappa shape index (κ1) is 20.2. The average molecular weight is 422 g/mol. The van der Waals surface area contributed by atoms with Crippen LogP contribution in [0.4, 0.5) is 0 Å². The summed E-state index contributed by atoms with van der Waals surface area (Å²) in [6, 6.07) is 10.1. The molecular formula is C24H31N5O2. The quantitative estimate of drug-likeness (QED) is 0.829. The topological polar surface area (TPSA) is 69.9 Å². The molecule has 0 unspecified atom stereocenters. The number of hydrogen-bond acceptors (Lipinski definition) is 4. The molecule has 2 aromatic rings. The number of amides is 2. The van der Waals surface area contributed by atoms with Crippen LogP contribution in [0.5, 0.6) is 0 Å². The van der Waals surface area contributed by atoms with E-state index < -0.39 is 0 Å². The number of fused-ring (bicyclic) bond motifs is 6. The SMILES string of the molecule is CC(C)(C)C1=NN(CC(=O)N[C@@H]2CN3CCC2CC3)C(=O)c2cc3ccccc3n2C1. The van der Waals surface area contributed by atoms with Crippen LogP contribution in [0.1, 0.15) is 44.1 Å². The van der Waals surface area contributed by atoms with Crippen LogP contribution in [0.2, 0.25) is 0 Å². The van der Waals surface area contributed by atoms with E-state index in [1.807, 2.05) is 34.9 Å². The molecule has 164 valence electrons. The predicted octanol–water partition coefficient (Wildman–Crippen LogP) is 2.71. The van der Waals surface area contributed by atoms with Gasteiger partial charge in [0.15, 0.2) is 0 Å². The van der Waals surface area contributed by atoms with Gasteiger partial charge in [0, 0.05) is 28.9 Å². The normalized spacial score (nSPS) is 25.9. The van der Waals surface area contributed by atoms with Gasteiger partial charge in [0.1, 0.15) is 12.2 Å². The Balaban J connectivity index is 1.42. The number of para-hydroxylation sites is 1. The summed E-state index contributed by atoms with van der Waals surface area (Å²) in [6.45, 7) is 9.94. The molecule has 7 nitrogen and oxygen atoms in total. The van der Waals surface area contributed by atoms with E-state index >= 15 is 0 Å². The second kappa shape index (κ2) is 7.48. The van der Waals surface area contributed by atoms with Crippen LogP contribution in [0, 0.1) is 11.3 Å². The summed E-state index contributed by atoms with van der Waals surface area (Å²) in [6.07, 6.45) is 2.28. The first-order valence-corrected chi connectivity index (χ1v) is 11.3. The van der Waals surface area contributed by atoms with Crippen LogP contribution in [0.25, 0.3) is 10.9 Å². The highest BCUT2D eigenvalue weighted by Gasteiger charge is 2.36. The fourth-order valence-electron chi connectivity index (χ4n) is 5.07. The standard InChI is InChI=1S/C24H31N5O2/c1-24(2,3)21-14-28-19-7-5-4-6-17(19)12-20(28)23(31)29(26-21)15-22(30)25-18-13-27-10-8-16(18)9-11-27/h4-7,12,16,18H,8-11,13-15H2,1-3H3,(H,25,30)/t18-/m1/s1. The Kier molecular flexibility index (Phi) is 4.88. The summed E-state index contributed by atoms with van der Waals surface area (Å²) in [7, 11) is 0. The molecule has 1 atom stereocenters. The van der Waals surface area contributed by atoms with Crippen LogP contribution in [0.3, 0.4) is 0 Å². The van der Waals surface area contributed by atoms with Crippen molar-refractivity contribution in [3.63, 3.8) is 0 Å². The minimum Gasteiger partial charge on any atom is -0.350 e. The number of hydrogen-bond donors (Lipinski definition) is 1. The Morgan fingerprint density at radius 2 is 1.94 bits per heavy atom. The zero-order valence-corrected chi connectivity index (χ0v) is 18.6. The fraction of sp³-hybridized carbons (Fsp3) is 0.542. The van der Waals surface area contributed by atoms with Crippen molar-refractivity contribution in [2.75, 3.05) is 26.2 Å². The molecule has 0 aliphatic carbocycles. The third-order valence-corrected chi connectivity index (χ3v) is 6.98. The second-order valence-corrected chi connectivity index (χ2v) is 10.1. The van der Waals surface area contributed by atoms with E-state index in [0.29, 0.717) is 18.2 Å². The second-order valence-electron chi connectivity index (χ2n) is 10.1. The summed E-state index contributed by atoms with van der Waals surface area (Å²) in [5.41, 5.74) is 2.26. The zero-order valence-electron chi connectivity index (χ0n) is 18.6. The lowest BCUT2D eigenvalue weighted by atomic mass is 9.84. The molecule has 7 heteroatoms. The highest BCUT2D eigenvalue weighted by molar-refractivity contribution is 6.03. The maximum Gasteiger partial charge on any atom is 0.291 e. The number of nitrogens with one attached hydrogen (secondary N) is 1. The van der Waals surface area contributed by atoms with E-state index in [1.165, 1.54) is 5.01 Å². The van der Waals surface area contributed by atoms with Crippen LogP contribution < -0.4 is 5.32 Å². The van der Waals surface area contributed by atoms with Crippen molar-refractivity contribution < 1.29 is 9.59 Å². The Morgan fingerprint density at radius 3 is 2.61 bits per heavy atom. The van der Waals surface area contributed by atoms with E-state index in [-0.39, 0.29) is 29.8 Å². The van der Waals surface area contributed by atoms with Gasteiger partial charge in [0.25, 0.3) is 5.91 Å². The summed E-state index contributed by atoms with van der Waals surface area (Å²) in [5, 5.41) is 10.3. The summed E-state index contributed by atoms with van der Waals surface area (Å²) < 4.78 is 2.03. The Morgan fingerprint density at radius 1 is 1.19 bits per heavy atom. The molecule has 4 aliphatic rings. The first-order valence-electron chi connectivity index (χ1n) is 11.3. The van der Waals surface area contributed by atoms with Gasteiger partial charge in [-0.1, -0.05) is 39.0 Å². The monoisotopic (exact) mass is 421 g/mol. The minimum atomic E-state index is -0.224. The molecule has 31 heavy (non-hydrogen) atoms. The molecule has 6 rings (SSSR count). The van der Waals surface area contributed by atoms with Gasteiger partial charge >= 0.3 is 0 Å². The van der Waals surface area contributed by atoms with E-state index in [9.17, 15) is 9.59 Å². The van der Waals surface area contributed by atoms with E-state index in [0.717, 1.165) is 49.1 Å². The summed E-state index contributed by atoms with van der Waals surface area (Å²) in [4.78, 5) is 28.8. The maximum absolute atomic E-state index is 13.4. The third-order valence-electron chi connectivity index (χ3n) is 6.98. The highest BCUT2D eigenvalue weighted by Crippen LogP contribution is 2.29. The van der Waals surface area contributed by atoms with E-state index in [2.05, 4.69) is 31.0 Å². The molecule has 1 N–H and O–H groups in total. The summed E-state index contributed by atoms with van der Waals surface area (Å²) >= 11 is 0. The van der Waals surface area contributed by atoms with Gasteiger partial charge in [-0.05, 0) is 44.0 Å². The molecule has 5 heterocycles. The molecule has 3 saturated heterocycles. The molecule has 0 radical (unpaired) electrons. The fourth-order valence-corrected chi connectivity index (χ4v) is 5.07.